The largest absolute Gasteiger partial charge is 0.393 e. The minimum Gasteiger partial charge on any atom is -0.393 e. The third-order valence-electron chi connectivity index (χ3n) is 2.67. The van der Waals surface area contributed by atoms with Gasteiger partial charge in [-0.05, 0) is 46.6 Å². The molecule has 2 rings (SSSR count). The minimum absolute atomic E-state index is 0.275. The molecule has 0 spiro atoms. The molecule has 84 valence electrons. The van der Waals surface area contributed by atoms with Gasteiger partial charge in [-0.25, -0.2) is 0 Å². The van der Waals surface area contributed by atoms with Crippen molar-refractivity contribution in [3.63, 3.8) is 0 Å². The molecule has 0 aliphatic carbocycles. The summed E-state index contributed by atoms with van der Waals surface area (Å²) in [4.78, 5) is 1.22. The molecule has 0 radical (unpaired) electrons. The van der Waals surface area contributed by atoms with Gasteiger partial charge < -0.3 is 9.84 Å². The van der Waals surface area contributed by atoms with Gasteiger partial charge in [-0.2, -0.15) is 0 Å². The van der Waals surface area contributed by atoms with Crippen molar-refractivity contribution < 1.29 is 9.84 Å². The quantitative estimate of drug-likeness (QED) is 0.924. The van der Waals surface area contributed by atoms with Gasteiger partial charge in [-0.1, -0.05) is 0 Å². The third kappa shape index (κ3) is 3.28. The van der Waals surface area contributed by atoms with Gasteiger partial charge in [0.05, 0.1) is 12.2 Å². The molecule has 2 unspecified atom stereocenters. The Morgan fingerprint density at radius 2 is 2.53 bits per heavy atom. The van der Waals surface area contributed by atoms with Gasteiger partial charge >= 0.3 is 0 Å². The standard InChI is InChI=1S/C11H15BrO2S/c12-10-3-5-15-11(10)7-8(13)6-9-2-1-4-14-9/h3,5,8-9,13H,1-2,4,6-7H2. The van der Waals surface area contributed by atoms with Crippen molar-refractivity contribution in [1.29, 1.82) is 0 Å². The Hall–Kier alpha value is 0.1000. The molecule has 4 heteroatoms. The van der Waals surface area contributed by atoms with E-state index in [0.29, 0.717) is 0 Å². The normalized spacial score (nSPS) is 23.2. The molecule has 1 saturated heterocycles. The topological polar surface area (TPSA) is 29.5 Å². The van der Waals surface area contributed by atoms with Crippen molar-refractivity contribution >= 4 is 27.3 Å². The van der Waals surface area contributed by atoms with E-state index in [1.165, 1.54) is 4.88 Å². The molecule has 1 aromatic rings. The first-order chi connectivity index (χ1) is 7.25. The van der Waals surface area contributed by atoms with E-state index in [1.807, 2.05) is 11.4 Å². The third-order valence-corrected chi connectivity index (χ3v) is 4.62. The molecule has 0 bridgehead atoms. The number of aliphatic hydroxyl groups excluding tert-OH is 1. The lowest BCUT2D eigenvalue weighted by Crippen LogP contribution is -2.18. The fraction of sp³-hybridized carbons (Fsp3) is 0.636. The second-order valence-electron chi connectivity index (χ2n) is 3.92. The Balaban J connectivity index is 1.81. The van der Waals surface area contributed by atoms with Gasteiger partial charge in [0, 0.05) is 22.4 Å². The Morgan fingerprint density at radius 1 is 1.67 bits per heavy atom. The lowest BCUT2D eigenvalue weighted by atomic mass is 10.1. The molecule has 0 saturated carbocycles. The van der Waals surface area contributed by atoms with E-state index < -0.39 is 0 Å². The van der Waals surface area contributed by atoms with Crippen LogP contribution >= 0.6 is 27.3 Å². The van der Waals surface area contributed by atoms with Gasteiger partial charge in [-0.3, -0.25) is 0 Å². The van der Waals surface area contributed by atoms with Gasteiger partial charge in [-0.15, -0.1) is 11.3 Å². The van der Waals surface area contributed by atoms with Crippen LogP contribution in [-0.2, 0) is 11.2 Å². The highest BCUT2D eigenvalue weighted by atomic mass is 79.9. The van der Waals surface area contributed by atoms with Crippen LogP contribution in [0.4, 0.5) is 0 Å². The highest BCUT2D eigenvalue weighted by Crippen LogP contribution is 2.26. The number of ether oxygens (including phenoxy) is 1. The van der Waals surface area contributed by atoms with Gasteiger partial charge in [0.2, 0.25) is 0 Å². The van der Waals surface area contributed by atoms with Gasteiger partial charge in [0.1, 0.15) is 0 Å². The van der Waals surface area contributed by atoms with Crippen LogP contribution in [0.3, 0.4) is 0 Å². The molecule has 1 aromatic heterocycles. The molecule has 1 aliphatic heterocycles. The number of thiophene rings is 1. The molecular formula is C11H15BrO2S. The highest BCUT2D eigenvalue weighted by Gasteiger charge is 2.20. The molecule has 0 amide bonds. The summed E-state index contributed by atoms with van der Waals surface area (Å²) < 4.78 is 6.61. The second-order valence-corrected chi connectivity index (χ2v) is 5.78. The molecule has 1 aliphatic rings. The van der Waals surface area contributed by atoms with E-state index in [4.69, 9.17) is 4.74 Å². The van der Waals surface area contributed by atoms with Crippen molar-refractivity contribution in [2.24, 2.45) is 0 Å². The van der Waals surface area contributed by atoms with Crippen molar-refractivity contribution in [3.8, 4) is 0 Å². The summed E-state index contributed by atoms with van der Waals surface area (Å²) >= 11 is 5.16. The van der Waals surface area contributed by atoms with Crippen LogP contribution in [0, 0.1) is 0 Å². The van der Waals surface area contributed by atoms with E-state index in [9.17, 15) is 5.11 Å². The van der Waals surface area contributed by atoms with Crippen molar-refractivity contribution in [2.75, 3.05) is 6.61 Å². The molecule has 1 N–H and O–H groups in total. The number of rotatable bonds is 4. The summed E-state index contributed by atoms with van der Waals surface area (Å²) in [5.41, 5.74) is 0. The fourth-order valence-electron chi connectivity index (χ4n) is 1.90. The van der Waals surface area contributed by atoms with Crippen molar-refractivity contribution in [1.82, 2.24) is 0 Å². The second kappa shape index (κ2) is 5.43. The monoisotopic (exact) mass is 290 g/mol. The minimum atomic E-state index is -0.275. The van der Waals surface area contributed by atoms with E-state index in [2.05, 4.69) is 15.9 Å². The van der Waals surface area contributed by atoms with Crippen LogP contribution < -0.4 is 0 Å². The molecule has 0 aromatic carbocycles. The molecule has 15 heavy (non-hydrogen) atoms. The summed E-state index contributed by atoms with van der Waals surface area (Å²) in [7, 11) is 0. The summed E-state index contributed by atoms with van der Waals surface area (Å²) in [6.07, 6.45) is 3.74. The van der Waals surface area contributed by atoms with Crippen molar-refractivity contribution in [3.05, 3.63) is 20.8 Å². The summed E-state index contributed by atoms with van der Waals surface area (Å²) in [6.45, 7) is 0.861. The van der Waals surface area contributed by atoms with Crippen LogP contribution in [-0.4, -0.2) is 23.9 Å². The summed E-state index contributed by atoms with van der Waals surface area (Å²) in [5.74, 6) is 0. The van der Waals surface area contributed by atoms with Crippen molar-refractivity contribution in [2.45, 2.75) is 37.9 Å². The molecule has 1 fully saturated rings. The highest BCUT2D eigenvalue weighted by molar-refractivity contribution is 9.10. The molecular weight excluding hydrogens is 276 g/mol. The Kier molecular flexibility index (Phi) is 4.20. The SMILES string of the molecule is OC(Cc1sccc1Br)CC1CCCO1. The molecule has 2 nitrogen and oxygen atoms in total. The number of halogens is 1. The Bertz CT molecular complexity index is 307. The van der Waals surface area contributed by atoms with E-state index in [-0.39, 0.29) is 12.2 Å². The van der Waals surface area contributed by atoms with E-state index >= 15 is 0 Å². The fourth-order valence-corrected chi connectivity index (χ4v) is 3.49. The Labute approximate surface area is 102 Å². The van der Waals surface area contributed by atoms with Crippen LogP contribution in [0.25, 0.3) is 0 Å². The molecule has 2 heterocycles. The average Bonchev–Trinajstić information content (AvgIpc) is 2.79. The first kappa shape index (κ1) is 11.6. The predicted molar refractivity (Wildman–Crippen MR) is 65.3 cm³/mol. The first-order valence-corrected chi connectivity index (χ1v) is 6.94. The maximum absolute atomic E-state index is 9.91. The Morgan fingerprint density at radius 3 is 3.13 bits per heavy atom. The predicted octanol–water partition coefficient (Wildman–Crippen LogP) is 2.98. The van der Waals surface area contributed by atoms with Crippen LogP contribution in [0.15, 0.2) is 15.9 Å². The maximum atomic E-state index is 9.91. The zero-order valence-corrected chi connectivity index (χ0v) is 10.9. The van der Waals surface area contributed by atoms with E-state index in [1.54, 1.807) is 11.3 Å². The van der Waals surface area contributed by atoms with Crippen LogP contribution in [0.5, 0.6) is 0 Å². The van der Waals surface area contributed by atoms with Crippen LogP contribution in [0.2, 0.25) is 0 Å². The lowest BCUT2D eigenvalue weighted by Gasteiger charge is -2.14. The van der Waals surface area contributed by atoms with Gasteiger partial charge in [0.15, 0.2) is 0 Å². The smallest absolute Gasteiger partial charge is 0.0613 e. The number of aliphatic hydroxyl groups is 1. The maximum Gasteiger partial charge on any atom is 0.0613 e. The number of hydrogen-bond donors (Lipinski definition) is 1. The van der Waals surface area contributed by atoms with Gasteiger partial charge in [0.25, 0.3) is 0 Å². The van der Waals surface area contributed by atoms with Crippen LogP contribution in [0.1, 0.15) is 24.1 Å². The summed E-state index contributed by atoms with van der Waals surface area (Å²) in [6, 6.07) is 2.03. The summed E-state index contributed by atoms with van der Waals surface area (Å²) in [5, 5.41) is 12.0. The lowest BCUT2D eigenvalue weighted by molar-refractivity contribution is 0.0543. The average molecular weight is 291 g/mol. The first-order valence-electron chi connectivity index (χ1n) is 5.27. The zero-order valence-electron chi connectivity index (χ0n) is 8.49. The van der Waals surface area contributed by atoms with E-state index in [0.717, 1.165) is 36.8 Å². The molecule has 2 atom stereocenters. The zero-order chi connectivity index (χ0) is 10.7. The number of hydrogen-bond acceptors (Lipinski definition) is 3.